The minimum Gasteiger partial charge on any atom is -0.379 e. The first kappa shape index (κ1) is 18.4. The summed E-state index contributed by atoms with van der Waals surface area (Å²) in [6.07, 6.45) is 2.41. The number of nitrogens with one attached hydrogen (secondary N) is 1. The van der Waals surface area contributed by atoms with E-state index in [0.717, 1.165) is 27.8 Å². The fourth-order valence-electron chi connectivity index (χ4n) is 3.52. The molecule has 1 saturated carbocycles. The molecule has 1 fully saturated rings. The van der Waals surface area contributed by atoms with Gasteiger partial charge in [-0.3, -0.25) is 0 Å². The first-order chi connectivity index (χ1) is 13.6. The number of nitriles is 1. The molecule has 0 spiro atoms. The van der Waals surface area contributed by atoms with E-state index >= 15 is 0 Å². The van der Waals surface area contributed by atoms with Gasteiger partial charge in [-0.1, -0.05) is 30.3 Å². The van der Waals surface area contributed by atoms with Crippen LogP contribution in [0, 0.1) is 17.2 Å². The Morgan fingerprint density at radius 2 is 2.00 bits per heavy atom. The predicted octanol–water partition coefficient (Wildman–Crippen LogP) is 3.49. The molecule has 28 heavy (non-hydrogen) atoms. The smallest absolute Gasteiger partial charge is 0.186 e. The van der Waals surface area contributed by atoms with Crippen LogP contribution >= 0.6 is 0 Å². The molecule has 1 heterocycles. The van der Waals surface area contributed by atoms with Crippen molar-refractivity contribution in [1.29, 1.82) is 5.26 Å². The van der Waals surface area contributed by atoms with Crippen LogP contribution in [0.15, 0.2) is 42.5 Å². The van der Waals surface area contributed by atoms with Crippen molar-refractivity contribution in [3.8, 4) is 17.2 Å². The van der Waals surface area contributed by atoms with Crippen LogP contribution in [0.5, 0.6) is 0 Å². The molecule has 1 N–H and O–H groups in total. The number of benzene rings is 2. The first-order valence-electron chi connectivity index (χ1n) is 9.24. The summed E-state index contributed by atoms with van der Waals surface area (Å²) < 4.78 is 22.4. The third-order valence-electron chi connectivity index (χ3n) is 5.20. The minimum absolute atomic E-state index is 0.00565. The molecule has 2 aromatic carbocycles. The van der Waals surface area contributed by atoms with Gasteiger partial charge in [0.25, 0.3) is 0 Å². The molecule has 1 atom stereocenters. The standard InChI is InChI=1S/C21H20N4O2S/c1-13(14-6-7-14)23-21-18-9-8-15(10-19(18)24-25-20(21)11-22)17-5-3-2-4-16(17)12-28(26)27/h2-5,8-10,13-14,28H,6-7,12H2,1H3,(H,23,24)/t13-/m1/s1. The first-order valence-corrected chi connectivity index (χ1v) is 10.6. The van der Waals surface area contributed by atoms with E-state index in [9.17, 15) is 13.7 Å². The van der Waals surface area contributed by atoms with E-state index in [-0.39, 0.29) is 17.5 Å². The summed E-state index contributed by atoms with van der Waals surface area (Å²) in [7, 11) is -2.51. The van der Waals surface area contributed by atoms with Gasteiger partial charge in [0.2, 0.25) is 0 Å². The van der Waals surface area contributed by atoms with Crippen molar-refractivity contribution in [3.63, 3.8) is 0 Å². The van der Waals surface area contributed by atoms with Gasteiger partial charge < -0.3 is 5.32 Å². The van der Waals surface area contributed by atoms with Gasteiger partial charge in [0.15, 0.2) is 5.69 Å². The van der Waals surface area contributed by atoms with E-state index in [1.165, 1.54) is 12.8 Å². The monoisotopic (exact) mass is 392 g/mol. The molecule has 1 aliphatic rings. The lowest BCUT2D eigenvalue weighted by Gasteiger charge is -2.17. The maximum atomic E-state index is 11.2. The molecule has 6 nitrogen and oxygen atoms in total. The second-order valence-electron chi connectivity index (χ2n) is 7.19. The maximum Gasteiger partial charge on any atom is 0.186 e. The molecule has 4 rings (SSSR count). The van der Waals surface area contributed by atoms with E-state index in [0.29, 0.717) is 11.4 Å². The molecular formula is C21H20N4O2S. The number of thiol groups is 1. The predicted molar refractivity (Wildman–Crippen MR) is 110 cm³/mol. The van der Waals surface area contributed by atoms with E-state index in [4.69, 9.17) is 0 Å². The summed E-state index contributed by atoms with van der Waals surface area (Å²) in [5, 5.41) is 22.1. The van der Waals surface area contributed by atoms with Crippen molar-refractivity contribution in [1.82, 2.24) is 10.2 Å². The van der Waals surface area contributed by atoms with Crippen LogP contribution < -0.4 is 5.32 Å². The number of anilines is 1. The molecule has 1 aliphatic carbocycles. The molecule has 7 heteroatoms. The quantitative estimate of drug-likeness (QED) is 0.624. The Bertz CT molecular complexity index is 1150. The van der Waals surface area contributed by atoms with E-state index < -0.39 is 10.7 Å². The number of rotatable bonds is 6. The van der Waals surface area contributed by atoms with Crippen molar-refractivity contribution >= 4 is 27.3 Å². The molecule has 0 radical (unpaired) electrons. The zero-order chi connectivity index (χ0) is 19.7. The highest BCUT2D eigenvalue weighted by molar-refractivity contribution is 7.71. The van der Waals surface area contributed by atoms with Crippen molar-refractivity contribution < 1.29 is 8.42 Å². The lowest BCUT2D eigenvalue weighted by atomic mass is 9.99. The summed E-state index contributed by atoms with van der Waals surface area (Å²) in [5.74, 6) is 0.629. The van der Waals surface area contributed by atoms with Crippen LogP contribution in [0.4, 0.5) is 5.69 Å². The summed E-state index contributed by atoms with van der Waals surface area (Å²) >= 11 is 0. The van der Waals surface area contributed by atoms with E-state index in [2.05, 4.69) is 28.5 Å². The molecule has 0 unspecified atom stereocenters. The molecule has 142 valence electrons. The molecule has 0 aliphatic heterocycles. The lowest BCUT2D eigenvalue weighted by molar-refractivity contribution is 0.614. The summed E-state index contributed by atoms with van der Waals surface area (Å²) in [6.45, 7) is 2.12. The summed E-state index contributed by atoms with van der Waals surface area (Å²) in [6, 6.07) is 15.6. The molecular weight excluding hydrogens is 372 g/mol. The third kappa shape index (κ3) is 3.69. The third-order valence-corrected chi connectivity index (χ3v) is 5.80. The lowest BCUT2D eigenvalue weighted by Crippen LogP contribution is -2.19. The Kier molecular flexibility index (Phi) is 4.97. The molecule has 3 aromatic rings. The van der Waals surface area contributed by atoms with Crippen molar-refractivity contribution in [2.75, 3.05) is 5.32 Å². The number of hydrogen-bond donors (Lipinski definition) is 2. The van der Waals surface area contributed by atoms with Crippen LogP contribution in [0.25, 0.3) is 22.0 Å². The second kappa shape index (κ2) is 7.56. The van der Waals surface area contributed by atoms with E-state index in [1.54, 1.807) is 0 Å². The van der Waals surface area contributed by atoms with Crippen LogP contribution in [0.1, 0.15) is 31.0 Å². The SMILES string of the molecule is C[C@@H](Nc1c(C#N)nnc2cc(-c3ccccc3C[SH](=O)=O)ccc12)C1CC1. The van der Waals surface area contributed by atoms with E-state index in [1.807, 2.05) is 42.5 Å². The number of nitrogens with zero attached hydrogens (tertiary/aromatic N) is 3. The van der Waals surface area contributed by atoms with Crippen molar-refractivity contribution in [2.45, 2.75) is 31.6 Å². The van der Waals surface area contributed by atoms with Gasteiger partial charge in [-0.05, 0) is 54.5 Å². The Balaban J connectivity index is 1.79. The zero-order valence-electron chi connectivity index (χ0n) is 15.4. The summed E-state index contributed by atoms with van der Waals surface area (Å²) in [5.41, 5.74) is 4.16. The van der Waals surface area contributed by atoms with Crippen LogP contribution in [0.2, 0.25) is 0 Å². The maximum absolute atomic E-state index is 11.2. The Morgan fingerprint density at radius 3 is 2.71 bits per heavy atom. The number of hydrogen-bond acceptors (Lipinski definition) is 6. The Hall–Kier alpha value is -2.98. The highest BCUT2D eigenvalue weighted by atomic mass is 32.2. The largest absolute Gasteiger partial charge is 0.379 e. The Labute approximate surface area is 165 Å². The molecule has 0 bridgehead atoms. The minimum atomic E-state index is -2.51. The van der Waals surface area contributed by atoms with Crippen LogP contribution in [-0.4, -0.2) is 24.7 Å². The van der Waals surface area contributed by atoms with Crippen molar-refractivity contribution in [2.24, 2.45) is 5.92 Å². The zero-order valence-corrected chi connectivity index (χ0v) is 16.3. The van der Waals surface area contributed by atoms with Gasteiger partial charge in [-0.2, -0.15) is 5.26 Å². The highest BCUT2D eigenvalue weighted by Gasteiger charge is 2.29. The van der Waals surface area contributed by atoms with Gasteiger partial charge >= 0.3 is 0 Å². The van der Waals surface area contributed by atoms with Gasteiger partial charge in [0, 0.05) is 11.4 Å². The van der Waals surface area contributed by atoms with Gasteiger partial charge in [0.05, 0.1) is 17.0 Å². The van der Waals surface area contributed by atoms with Gasteiger partial charge in [-0.25, -0.2) is 8.42 Å². The fourth-order valence-corrected chi connectivity index (χ4v) is 4.07. The average molecular weight is 392 g/mol. The fraction of sp³-hybridized carbons (Fsp3) is 0.286. The normalized spacial score (nSPS) is 14.8. The summed E-state index contributed by atoms with van der Waals surface area (Å²) in [4.78, 5) is 0. The van der Waals surface area contributed by atoms with Crippen LogP contribution in [0.3, 0.4) is 0 Å². The van der Waals surface area contributed by atoms with Crippen molar-refractivity contribution in [3.05, 3.63) is 53.7 Å². The van der Waals surface area contributed by atoms with Crippen LogP contribution in [-0.2, 0) is 16.5 Å². The Morgan fingerprint density at radius 1 is 1.21 bits per heavy atom. The van der Waals surface area contributed by atoms with Gasteiger partial charge in [0.1, 0.15) is 16.8 Å². The highest BCUT2D eigenvalue weighted by Crippen LogP contribution is 2.36. The second-order valence-corrected chi connectivity index (χ2v) is 8.17. The topological polar surface area (TPSA) is 95.7 Å². The number of fused-ring (bicyclic) bond motifs is 1. The average Bonchev–Trinajstić information content (AvgIpc) is 3.53. The number of aromatic nitrogens is 2. The molecule has 1 aromatic heterocycles. The molecule has 0 amide bonds. The van der Waals surface area contributed by atoms with Gasteiger partial charge in [-0.15, -0.1) is 10.2 Å². The molecule has 0 saturated heterocycles.